The number of aromatic nitrogens is 1. The molecule has 0 saturated heterocycles. The van der Waals surface area contributed by atoms with Crippen molar-refractivity contribution >= 4 is 11.9 Å². The fraction of sp³-hybridized carbons (Fsp3) is 0.607. The number of carbonyl (C=O) groups excluding carboxylic acids is 2. The Labute approximate surface area is 202 Å². The molecule has 0 spiro atoms. The molecule has 2 aliphatic rings. The molecule has 182 valence electrons. The molecular weight excluding hydrogens is 430 g/mol. The smallest absolute Gasteiger partial charge is 0.313 e. The monoisotopic (exact) mass is 465 g/mol. The minimum atomic E-state index is -0.667. The molecule has 6 heteroatoms. The lowest BCUT2D eigenvalue weighted by molar-refractivity contribution is -0.161. The Hall–Kier alpha value is -2.99. The van der Waals surface area contributed by atoms with Crippen LogP contribution in [0.2, 0.25) is 0 Å². The van der Waals surface area contributed by atoms with Gasteiger partial charge < -0.3 is 14.6 Å². The fourth-order valence-corrected chi connectivity index (χ4v) is 5.31. The van der Waals surface area contributed by atoms with Crippen molar-refractivity contribution in [3.05, 3.63) is 23.0 Å². The number of rotatable bonds is 8. The molecule has 3 rings (SSSR count). The Balaban J connectivity index is 1.73. The van der Waals surface area contributed by atoms with Crippen molar-refractivity contribution in [2.45, 2.75) is 97.2 Å². The van der Waals surface area contributed by atoms with Crippen LogP contribution < -0.4 is 0 Å². The van der Waals surface area contributed by atoms with Crippen LogP contribution in [-0.4, -0.2) is 22.0 Å². The van der Waals surface area contributed by atoms with Crippen LogP contribution in [0.25, 0.3) is 0 Å². The van der Waals surface area contributed by atoms with Crippen LogP contribution in [0.1, 0.15) is 93.9 Å². The number of carbonyl (C=O) groups is 2. The largest absolute Gasteiger partial charge is 0.506 e. The van der Waals surface area contributed by atoms with Crippen molar-refractivity contribution in [3.8, 4) is 30.4 Å². The van der Waals surface area contributed by atoms with Crippen LogP contribution in [0.5, 0.6) is 5.75 Å². The van der Waals surface area contributed by atoms with E-state index in [-0.39, 0.29) is 30.9 Å². The van der Waals surface area contributed by atoms with E-state index in [1.807, 2.05) is 0 Å². The normalized spacial score (nSPS) is 18.8. The minimum Gasteiger partial charge on any atom is -0.506 e. The molecule has 0 aromatic carbocycles. The van der Waals surface area contributed by atoms with Crippen LogP contribution in [-0.2, 0) is 32.3 Å². The molecule has 2 saturated carbocycles. The average molecular weight is 466 g/mol. The second kappa shape index (κ2) is 11.4. The standard InChI is InChI=1S/C28H35NO5/c1-4-12-27(14-8-6-9-15-27)25(31)33-19-22-18-29-21(3)24(30)23(22)20-34-26(32)28(13-5-2)16-10-7-11-17-28/h1-2,18,30H,6-17,19-20H2,3H3. The van der Waals surface area contributed by atoms with Gasteiger partial charge in [-0.15, -0.1) is 24.7 Å². The number of ether oxygens (including phenoxy) is 2. The molecule has 0 aliphatic heterocycles. The summed E-state index contributed by atoms with van der Waals surface area (Å²) in [6.07, 6.45) is 22.2. The van der Waals surface area contributed by atoms with Gasteiger partial charge in [0.15, 0.2) is 0 Å². The highest BCUT2D eigenvalue weighted by molar-refractivity contribution is 5.78. The summed E-state index contributed by atoms with van der Waals surface area (Å²) in [5.74, 6) is 4.56. The first kappa shape index (κ1) is 25.6. The van der Waals surface area contributed by atoms with Crippen LogP contribution in [0, 0.1) is 42.4 Å². The molecular formula is C28H35NO5. The Bertz CT molecular complexity index is 972. The van der Waals surface area contributed by atoms with Gasteiger partial charge >= 0.3 is 11.9 Å². The van der Waals surface area contributed by atoms with E-state index in [0.717, 1.165) is 51.4 Å². The van der Waals surface area contributed by atoms with Crippen LogP contribution in [0.15, 0.2) is 6.20 Å². The Morgan fingerprint density at radius 3 is 1.85 bits per heavy atom. The van der Waals surface area contributed by atoms with Gasteiger partial charge in [-0.1, -0.05) is 38.5 Å². The maximum Gasteiger partial charge on any atom is 0.313 e. The average Bonchev–Trinajstić information content (AvgIpc) is 2.85. The first-order valence-electron chi connectivity index (χ1n) is 12.3. The fourth-order valence-electron chi connectivity index (χ4n) is 5.31. The summed E-state index contributed by atoms with van der Waals surface area (Å²) in [5.41, 5.74) is -0.00352. The SMILES string of the molecule is C#CCC1(C(=O)OCc2cnc(C)c(O)c2COC(=O)C2(CC#C)CCCCC2)CCCCC1. The summed E-state index contributed by atoms with van der Waals surface area (Å²) in [4.78, 5) is 30.3. The summed E-state index contributed by atoms with van der Waals surface area (Å²) < 4.78 is 11.4. The molecule has 0 atom stereocenters. The lowest BCUT2D eigenvalue weighted by Crippen LogP contribution is -2.35. The number of esters is 2. The summed E-state index contributed by atoms with van der Waals surface area (Å²) >= 11 is 0. The van der Waals surface area contributed by atoms with E-state index >= 15 is 0 Å². The van der Waals surface area contributed by atoms with Gasteiger partial charge in [0.2, 0.25) is 0 Å². The van der Waals surface area contributed by atoms with Gasteiger partial charge in [-0.3, -0.25) is 14.6 Å². The van der Waals surface area contributed by atoms with Crippen molar-refractivity contribution in [2.75, 3.05) is 0 Å². The van der Waals surface area contributed by atoms with Gasteiger partial charge in [0.05, 0.1) is 16.5 Å². The van der Waals surface area contributed by atoms with Gasteiger partial charge in [-0.25, -0.2) is 0 Å². The lowest BCUT2D eigenvalue weighted by Gasteiger charge is -2.33. The molecule has 0 bridgehead atoms. The van der Waals surface area contributed by atoms with Gasteiger partial charge in [0.1, 0.15) is 19.0 Å². The van der Waals surface area contributed by atoms with E-state index in [0.29, 0.717) is 42.5 Å². The maximum atomic E-state index is 13.1. The van der Waals surface area contributed by atoms with E-state index in [1.54, 1.807) is 13.1 Å². The topological polar surface area (TPSA) is 85.7 Å². The first-order chi connectivity index (χ1) is 16.4. The maximum absolute atomic E-state index is 13.1. The van der Waals surface area contributed by atoms with E-state index in [2.05, 4.69) is 16.8 Å². The van der Waals surface area contributed by atoms with Gasteiger partial charge in [-0.05, 0) is 32.6 Å². The highest BCUT2D eigenvalue weighted by Gasteiger charge is 2.41. The molecule has 1 heterocycles. The first-order valence-corrected chi connectivity index (χ1v) is 12.3. The van der Waals surface area contributed by atoms with Crippen LogP contribution >= 0.6 is 0 Å². The van der Waals surface area contributed by atoms with Crippen LogP contribution in [0.3, 0.4) is 0 Å². The van der Waals surface area contributed by atoms with Crippen molar-refractivity contribution in [1.82, 2.24) is 4.98 Å². The zero-order chi connectivity index (χ0) is 24.6. The number of aryl methyl sites for hydroxylation is 1. The second-order valence-corrected chi connectivity index (χ2v) is 9.79. The molecule has 0 amide bonds. The van der Waals surface area contributed by atoms with Crippen molar-refractivity contribution in [1.29, 1.82) is 0 Å². The van der Waals surface area contributed by atoms with Gasteiger partial charge in [-0.2, -0.15) is 0 Å². The number of terminal acetylenes is 2. The van der Waals surface area contributed by atoms with E-state index in [4.69, 9.17) is 22.3 Å². The zero-order valence-electron chi connectivity index (χ0n) is 20.2. The molecule has 1 aromatic rings. The highest BCUT2D eigenvalue weighted by Crippen LogP contribution is 2.42. The summed E-state index contributed by atoms with van der Waals surface area (Å²) in [6, 6.07) is 0. The molecule has 2 aliphatic carbocycles. The Kier molecular flexibility index (Phi) is 8.61. The molecule has 2 fully saturated rings. The second-order valence-electron chi connectivity index (χ2n) is 9.79. The number of hydrogen-bond acceptors (Lipinski definition) is 6. The Morgan fingerprint density at radius 1 is 0.912 bits per heavy atom. The number of aromatic hydroxyl groups is 1. The minimum absolute atomic E-state index is 0.0630. The molecule has 6 nitrogen and oxygen atoms in total. The predicted octanol–water partition coefficient (Wildman–Crippen LogP) is 5.13. The quantitative estimate of drug-likeness (QED) is 0.423. The third kappa shape index (κ3) is 5.55. The zero-order valence-corrected chi connectivity index (χ0v) is 20.2. The van der Waals surface area contributed by atoms with E-state index < -0.39 is 10.8 Å². The number of pyridine rings is 1. The summed E-state index contributed by atoms with van der Waals surface area (Å²) in [7, 11) is 0. The van der Waals surface area contributed by atoms with Gasteiger partial charge in [0.25, 0.3) is 0 Å². The molecule has 1 aromatic heterocycles. The number of nitrogens with zero attached hydrogens (tertiary/aromatic N) is 1. The van der Waals surface area contributed by atoms with Crippen molar-refractivity contribution < 1.29 is 24.2 Å². The number of hydrogen-bond donors (Lipinski definition) is 1. The molecule has 1 N–H and O–H groups in total. The highest BCUT2D eigenvalue weighted by atomic mass is 16.5. The summed E-state index contributed by atoms with van der Waals surface area (Å²) in [5, 5.41) is 10.7. The Morgan fingerprint density at radius 2 is 1.38 bits per heavy atom. The van der Waals surface area contributed by atoms with Crippen molar-refractivity contribution in [2.24, 2.45) is 10.8 Å². The molecule has 0 unspecified atom stereocenters. The summed E-state index contributed by atoms with van der Waals surface area (Å²) in [6.45, 7) is 1.46. The lowest BCUT2D eigenvalue weighted by atomic mass is 9.72. The van der Waals surface area contributed by atoms with E-state index in [1.165, 1.54) is 0 Å². The molecule has 0 radical (unpaired) electrons. The third-order valence-electron chi connectivity index (χ3n) is 7.50. The van der Waals surface area contributed by atoms with Crippen LogP contribution in [0.4, 0.5) is 0 Å². The van der Waals surface area contributed by atoms with Crippen molar-refractivity contribution in [3.63, 3.8) is 0 Å². The predicted molar refractivity (Wildman–Crippen MR) is 128 cm³/mol. The van der Waals surface area contributed by atoms with E-state index in [9.17, 15) is 14.7 Å². The van der Waals surface area contributed by atoms with Gasteiger partial charge in [0, 0.05) is 30.2 Å². The third-order valence-corrected chi connectivity index (χ3v) is 7.50. The molecule has 34 heavy (non-hydrogen) atoms.